The standard InChI is InChI=1S/C17H20F2N4O/c1-20-17(23-9-10-24-15-3-2-7-21-12-15)22-8-6-13-11-14(18)4-5-16(13)19/h2-5,7,11-12H,6,8-10H2,1H3,(H2,20,22,23). The third-order valence-corrected chi connectivity index (χ3v) is 3.22. The highest BCUT2D eigenvalue weighted by molar-refractivity contribution is 5.79. The Morgan fingerprint density at radius 2 is 2.04 bits per heavy atom. The number of benzene rings is 1. The Morgan fingerprint density at radius 1 is 1.21 bits per heavy atom. The minimum absolute atomic E-state index is 0.331. The summed E-state index contributed by atoms with van der Waals surface area (Å²) in [5, 5.41) is 6.12. The van der Waals surface area contributed by atoms with Crippen molar-refractivity contribution in [2.24, 2.45) is 4.99 Å². The van der Waals surface area contributed by atoms with Crippen molar-refractivity contribution in [2.75, 3.05) is 26.7 Å². The molecule has 0 fully saturated rings. The summed E-state index contributed by atoms with van der Waals surface area (Å²) in [4.78, 5) is 8.02. The van der Waals surface area contributed by atoms with Crippen molar-refractivity contribution in [1.82, 2.24) is 15.6 Å². The van der Waals surface area contributed by atoms with Crippen molar-refractivity contribution in [3.63, 3.8) is 0 Å². The molecule has 1 aromatic heterocycles. The Bertz CT molecular complexity index is 665. The van der Waals surface area contributed by atoms with Gasteiger partial charge in [0.2, 0.25) is 0 Å². The average Bonchev–Trinajstić information content (AvgIpc) is 2.61. The molecule has 1 aromatic carbocycles. The second kappa shape index (κ2) is 9.44. The molecule has 2 aromatic rings. The Hall–Kier alpha value is -2.70. The van der Waals surface area contributed by atoms with Gasteiger partial charge in [-0.2, -0.15) is 0 Å². The highest BCUT2D eigenvalue weighted by atomic mass is 19.1. The monoisotopic (exact) mass is 334 g/mol. The Morgan fingerprint density at radius 3 is 2.79 bits per heavy atom. The number of ether oxygens (including phenoxy) is 1. The summed E-state index contributed by atoms with van der Waals surface area (Å²) in [7, 11) is 1.64. The molecule has 1 heterocycles. The normalized spacial score (nSPS) is 11.2. The average molecular weight is 334 g/mol. The molecule has 7 heteroatoms. The number of halogens is 2. The van der Waals surface area contributed by atoms with Gasteiger partial charge in [-0.25, -0.2) is 8.78 Å². The predicted molar refractivity (Wildman–Crippen MR) is 89.2 cm³/mol. The first-order valence-electron chi connectivity index (χ1n) is 7.60. The first-order chi connectivity index (χ1) is 11.7. The number of guanidine groups is 1. The Kier molecular flexibility index (Phi) is 6.94. The summed E-state index contributed by atoms with van der Waals surface area (Å²) in [5.41, 5.74) is 0.331. The molecule has 0 aliphatic carbocycles. The SMILES string of the molecule is CN=C(NCCOc1cccnc1)NCCc1cc(F)ccc1F. The zero-order valence-corrected chi connectivity index (χ0v) is 13.4. The molecular formula is C17H20F2N4O. The smallest absolute Gasteiger partial charge is 0.191 e. The minimum atomic E-state index is -0.443. The lowest BCUT2D eigenvalue weighted by molar-refractivity contribution is 0.320. The Labute approximate surface area is 139 Å². The van der Waals surface area contributed by atoms with E-state index >= 15 is 0 Å². The van der Waals surface area contributed by atoms with E-state index < -0.39 is 11.6 Å². The second-order valence-corrected chi connectivity index (χ2v) is 4.95. The largest absolute Gasteiger partial charge is 0.490 e. The summed E-state index contributed by atoms with van der Waals surface area (Å²) in [5.74, 6) is 0.415. The summed E-state index contributed by atoms with van der Waals surface area (Å²) >= 11 is 0. The van der Waals surface area contributed by atoms with E-state index in [0.717, 1.165) is 12.1 Å². The van der Waals surface area contributed by atoms with E-state index in [1.54, 1.807) is 25.5 Å². The minimum Gasteiger partial charge on any atom is -0.490 e. The number of nitrogens with one attached hydrogen (secondary N) is 2. The number of aliphatic imine (C=N–C) groups is 1. The van der Waals surface area contributed by atoms with Crippen molar-refractivity contribution in [3.05, 3.63) is 59.9 Å². The number of rotatable bonds is 7. The number of hydrogen-bond donors (Lipinski definition) is 2. The molecule has 0 spiro atoms. The molecule has 128 valence electrons. The van der Waals surface area contributed by atoms with Gasteiger partial charge >= 0.3 is 0 Å². The van der Waals surface area contributed by atoms with Crippen LogP contribution in [0.5, 0.6) is 5.75 Å². The van der Waals surface area contributed by atoms with Crippen molar-refractivity contribution >= 4 is 5.96 Å². The molecule has 0 bridgehead atoms. The van der Waals surface area contributed by atoms with Crippen LogP contribution in [0, 0.1) is 11.6 Å². The molecule has 2 N–H and O–H groups in total. The van der Waals surface area contributed by atoms with Gasteiger partial charge in [-0.15, -0.1) is 0 Å². The fraction of sp³-hybridized carbons (Fsp3) is 0.294. The first kappa shape index (κ1) is 17.7. The van der Waals surface area contributed by atoms with Crippen molar-refractivity contribution < 1.29 is 13.5 Å². The van der Waals surface area contributed by atoms with E-state index in [1.165, 1.54) is 6.07 Å². The number of pyridine rings is 1. The van der Waals surface area contributed by atoms with Gasteiger partial charge in [0.05, 0.1) is 12.7 Å². The molecule has 0 aliphatic rings. The van der Waals surface area contributed by atoms with E-state index in [0.29, 0.717) is 43.4 Å². The summed E-state index contributed by atoms with van der Waals surface area (Å²) < 4.78 is 32.1. The number of aromatic nitrogens is 1. The van der Waals surface area contributed by atoms with Gasteiger partial charge in [0.25, 0.3) is 0 Å². The highest BCUT2D eigenvalue weighted by Crippen LogP contribution is 2.09. The van der Waals surface area contributed by atoms with E-state index in [2.05, 4.69) is 20.6 Å². The van der Waals surface area contributed by atoms with Gasteiger partial charge in [-0.3, -0.25) is 9.98 Å². The van der Waals surface area contributed by atoms with Crippen LogP contribution in [-0.2, 0) is 6.42 Å². The lowest BCUT2D eigenvalue weighted by Gasteiger charge is -2.12. The molecule has 24 heavy (non-hydrogen) atoms. The van der Waals surface area contributed by atoms with E-state index in [1.807, 2.05) is 6.07 Å². The van der Waals surface area contributed by atoms with Crippen LogP contribution in [0.3, 0.4) is 0 Å². The van der Waals surface area contributed by atoms with Crippen LogP contribution < -0.4 is 15.4 Å². The number of hydrogen-bond acceptors (Lipinski definition) is 3. The van der Waals surface area contributed by atoms with Crippen LogP contribution >= 0.6 is 0 Å². The highest BCUT2D eigenvalue weighted by Gasteiger charge is 2.04. The van der Waals surface area contributed by atoms with Crippen LogP contribution in [0.25, 0.3) is 0 Å². The lowest BCUT2D eigenvalue weighted by Crippen LogP contribution is -2.40. The molecule has 2 rings (SSSR count). The van der Waals surface area contributed by atoms with E-state index in [-0.39, 0.29) is 0 Å². The molecule has 0 unspecified atom stereocenters. The summed E-state index contributed by atoms with van der Waals surface area (Å²) in [6.07, 6.45) is 3.68. The fourth-order valence-corrected chi connectivity index (χ4v) is 2.04. The zero-order valence-electron chi connectivity index (χ0n) is 13.4. The topological polar surface area (TPSA) is 58.5 Å². The third kappa shape index (κ3) is 5.83. The number of nitrogens with zero attached hydrogens (tertiary/aromatic N) is 2. The maximum absolute atomic E-state index is 13.5. The lowest BCUT2D eigenvalue weighted by atomic mass is 10.1. The van der Waals surface area contributed by atoms with Gasteiger partial charge < -0.3 is 15.4 Å². The molecule has 0 radical (unpaired) electrons. The van der Waals surface area contributed by atoms with Crippen molar-refractivity contribution in [1.29, 1.82) is 0 Å². The summed E-state index contributed by atoms with van der Waals surface area (Å²) in [6, 6.07) is 7.07. The maximum atomic E-state index is 13.5. The van der Waals surface area contributed by atoms with Gasteiger partial charge in [0.15, 0.2) is 5.96 Å². The molecule has 0 saturated carbocycles. The molecule has 0 amide bonds. The van der Waals surface area contributed by atoms with Crippen molar-refractivity contribution in [3.8, 4) is 5.75 Å². The van der Waals surface area contributed by atoms with Gasteiger partial charge in [-0.05, 0) is 42.3 Å². The van der Waals surface area contributed by atoms with Crippen molar-refractivity contribution in [2.45, 2.75) is 6.42 Å². The van der Waals surface area contributed by atoms with E-state index in [9.17, 15) is 8.78 Å². The first-order valence-corrected chi connectivity index (χ1v) is 7.60. The van der Waals surface area contributed by atoms with Gasteiger partial charge in [-0.1, -0.05) is 0 Å². The summed E-state index contributed by atoms with van der Waals surface area (Å²) in [6.45, 7) is 1.43. The van der Waals surface area contributed by atoms with Crippen LogP contribution in [0.15, 0.2) is 47.7 Å². The molecule has 0 aliphatic heterocycles. The zero-order chi connectivity index (χ0) is 17.2. The maximum Gasteiger partial charge on any atom is 0.191 e. The predicted octanol–water partition coefficient (Wildman–Crippen LogP) is 2.15. The molecule has 5 nitrogen and oxygen atoms in total. The van der Waals surface area contributed by atoms with Crippen LogP contribution in [0.2, 0.25) is 0 Å². The van der Waals surface area contributed by atoms with Crippen LogP contribution in [-0.4, -0.2) is 37.7 Å². The quantitative estimate of drug-likeness (QED) is 0.463. The fourth-order valence-electron chi connectivity index (χ4n) is 2.04. The van der Waals surface area contributed by atoms with E-state index in [4.69, 9.17) is 4.74 Å². The van der Waals surface area contributed by atoms with Crippen LogP contribution in [0.1, 0.15) is 5.56 Å². The van der Waals surface area contributed by atoms with Crippen LogP contribution in [0.4, 0.5) is 8.78 Å². The van der Waals surface area contributed by atoms with Gasteiger partial charge in [0.1, 0.15) is 24.0 Å². The third-order valence-electron chi connectivity index (χ3n) is 3.22. The van der Waals surface area contributed by atoms with Gasteiger partial charge in [0, 0.05) is 19.8 Å². The Balaban J connectivity index is 1.68. The molecule has 0 atom stereocenters. The molecule has 0 saturated heterocycles. The molecular weight excluding hydrogens is 314 g/mol. The second-order valence-electron chi connectivity index (χ2n) is 4.95.